The number of fused-ring (bicyclic) bond motifs is 1. The molecule has 1 aliphatic rings. The van der Waals surface area contributed by atoms with Crippen LogP contribution in [0.3, 0.4) is 0 Å². The second-order valence-electron chi connectivity index (χ2n) is 9.17. The Hall–Kier alpha value is -4.67. The zero-order chi connectivity index (χ0) is 27.5. The molecule has 1 aliphatic heterocycles. The van der Waals surface area contributed by atoms with Crippen LogP contribution >= 0.6 is 0 Å². The van der Waals surface area contributed by atoms with Gasteiger partial charge in [-0.15, -0.1) is 0 Å². The van der Waals surface area contributed by atoms with Crippen LogP contribution in [-0.2, 0) is 11.3 Å². The summed E-state index contributed by atoms with van der Waals surface area (Å²) in [5.41, 5.74) is 3.07. The molecule has 2 aromatic carbocycles. The Morgan fingerprint density at radius 2 is 1.79 bits per heavy atom. The van der Waals surface area contributed by atoms with Gasteiger partial charge in [-0.25, -0.2) is 15.0 Å². The maximum absolute atomic E-state index is 12.1. The summed E-state index contributed by atoms with van der Waals surface area (Å²) in [5, 5.41) is 3.34. The Balaban J connectivity index is 1.59. The van der Waals surface area contributed by atoms with E-state index in [0.29, 0.717) is 76.4 Å². The molecule has 11 nitrogen and oxygen atoms in total. The summed E-state index contributed by atoms with van der Waals surface area (Å²) < 4.78 is 18.4. The van der Waals surface area contributed by atoms with Gasteiger partial charge in [0.1, 0.15) is 0 Å². The zero-order valence-electron chi connectivity index (χ0n) is 22.4. The number of rotatable bonds is 10. The van der Waals surface area contributed by atoms with E-state index in [4.69, 9.17) is 24.2 Å². The van der Waals surface area contributed by atoms with Gasteiger partial charge in [0.2, 0.25) is 11.7 Å². The van der Waals surface area contributed by atoms with Gasteiger partial charge in [-0.2, -0.15) is 0 Å². The summed E-state index contributed by atoms with van der Waals surface area (Å²) in [7, 11) is 4.65. The Morgan fingerprint density at radius 1 is 1.03 bits per heavy atom. The van der Waals surface area contributed by atoms with Crippen molar-refractivity contribution in [2.24, 2.45) is 0 Å². The molecular formula is C28H30N6O5. The van der Waals surface area contributed by atoms with Crippen molar-refractivity contribution in [2.45, 2.75) is 26.3 Å². The van der Waals surface area contributed by atoms with Gasteiger partial charge in [0.15, 0.2) is 40.1 Å². The third-order valence-electron chi connectivity index (χ3n) is 6.70. The van der Waals surface area contributed by atoms with E-state index in [1.807, 2.05) is 21.6 Å². The normalized spacial score (nSPS) is 13.1. The van der Waals surface area contributed by atoms with Crippen LogP contribution in [0.1, 0.15) is 30.1 Å². The number of anilines is 2. The highest BCUT2D eigenvalue weighted by Gasteiger charge is 2.21. The monoisotopic (exact) mass is 530 g/mol. The van der Waals surface area contributed by atoms with Gasteiger partial charge in [-0.05, 0) is 19.4 Å². The molecular weight excluding hydrogens is 500 g/mol. The number of nitrogens with zero attached hydrogens (tertiary/aromatic N) is 5. The van der Waals surface area contributed by atoms with Crippen LogP contribution < -0.4 is 19.5 Å². The Bertz CT molecular complexity index is 1520. The first-order chi connectivity index (χ1) is 18.9. The minimum absolute atomic E-state index is 0.0472. The van der Waals surface area contributed by atoms with Crippen LogP contribution in [0.4, 0.5) is 11.5 Å². The molecule has 2 aromatic heterocycles. The molecule has 1 fully saturated rings. The van der Waals surface area contributed by atoms with Crippen molar-refractivity contribution < 1.29 is 23.8 Å². The highest BCUT2D eigenvalue weighted by Crippen LogP contribution is 2.41. The summed E-state index contributed by atoms with van der Waals surface area (Å²) in [6.07, 6.45) is 3.17. The molecule has 5 rings (SSSR count). The maximum atomic E-state index is 12.1. The number of aromatic nitrogens is 4. The highest BCUT2D eigenvalue weighted by atomic mass is 16.5. The lowest BCUT2D eigenvalue weighted by Crippen LogP contribution is -2.28. The average molecular weight is 531 g/mol. The van der Waals surface area contributed by atoms with Gasteiger partial charge in [0.25, 0.3) is 0 Å². The lowest BCUT2D eigenvalue weighted by atomic mass is 10.1. The number of imidazole rings is 1. The standard InChI is InChI=1S/C28H30N6O5/c1-17(35)18-7-5-8-19(13-18)26-31-27(30-20-14-21(37-2)25(39-4)22(15-20)38-3)24-28(32-26)34(16-29-24)12-11-33-10-6-9-23(33)36/h5,7-8,13-16H,6,9-12H2,1-4H3,(H,30,31,32). The van der Waals surface area contributed by atoms with E-state index >= 15 is 0 Å². The van der Waals surface area contributed by atoms with E-state index in [1.54, 1.807) is 51.9 Å². The van der Waals surface area contributed by atoms with Crippen molar-refractivity contribution in [1.29, 1.82) is 0 Å². The number of carbonyl (C=O) groups is 2. The number of likely N-dealkylation sites (tertiary alicyclic amines) is 1. The number of hydrogen-bond acceptors (Lipinski definition) is 9. The van der Waals surface area contributed by atoms with Crippen molar-refractivity contribution in [3.63, 3.8) is 0 Å². The molecule has 1 saturated heterocycles. The predicted molar refractivity (Wildman–Crippen MR) is 146 cm³/mol. The average Bonchev–Trinajstić information content (AvgIpc) is 3.56. The summed E-state index contributed by atoms with van der Waals surface area (Å²) in [6, 6.07) is 10.8. The number of Topliss-reactive ketones (excluding diaryl/α,β-unsaturated/α-hetero) is 1. The number of amides is 1. The fraction of sp³-hybridized carbons (Fsp3) is 0.321. The Labute approximate surface area is 225 Å². The number of hydrogen-bond donors (Lipinski definition) is 1. The van der Waals surface area contributed by atoms with E-state index < -0.39 is 0 Å². The number of methoxy groups -OCH3 is 3. The zero-order valence-corrected chi connectivity index (χ0v) is 22.4. The first-order valence-electron chi connectivity index (χ1n) is 12.6. The molecule has 0 saturated carbocycles. The summed E-state index contributed by atoms with van der Waals surface area (Å²) in [5.74, 6) is 2.46. The molecule has 0 aliphatic carbocycles. The highest BCUT2D eigenvalue weighted by molar-refractivity contribution is 5.95. The first kappa shape index (κ1) is 26.0. The number of benzene rings is 2. The lowest BCUT2D eigenvalue weighted by Gasteiger charge is -2.16. The lowest BCUT2D eigenvalue weighted by molar-refractivity contribution is -0.127. The van der Waals surface area contributed by atoms with Gasteiger partial charge in [-0.3, -0.25) is 9.59 Å². The fourth-order valence-electron chi connectivity index (χ4n) is 4.66. The second-order valence-corrected chi connectivity index (χ2v) is 9.17. The van der Waals surface area contributed by atoms with Crippen molar-refractivity contribution in [2.75, 3.05) is 39.7 Å². The van der Waals surface area contributed by atoms with Crippen LogP contribution in [0.25, 0.3) is 22.6 Å². The third-order valence-corrected chi connectivity index (χ3v) is 6.70. The summed E-state index contributed by atoms with van der Waals surface area (Å²) in [6.45, 7) is 3.39. The molecule has 202 valence electrons. The van der Waals surface area contributed by atoms with E-state index in [-0.39, 0.29) is 11.7 Å². The van der Waals surface area contributed by atoms with Gasteiger partial charge in [0.05, 0.1) is 27.7 Å². The molecule has 0 spiro atoms. The molecule has 1 N–H and O–H groups in total. The van der Waals surface area contributed by atoms with Gasteiger partial charge in [-0.1, -0.05) is 18.2 Å². The fourth-order valence-corrected chi connectivity index (χ4v) is 4.66. The second kappa shape index (κ2) is 11.0. The Kier molecular flexibility index (Phi) is 7.31. The molecule has 11 heteroatoms. The van der Waals surface area contributed by atoms with Crippen LogP contribution in [0.5, 0.6) is 17.2 Å². The van der Waals surface area contributed by atoms with Crippen LogP contribution in [0.2, 0.25) is 0 Å². The predicted octanol–water partition coefficient (Wildman–Crippen LogP) is 4.09. The minimum atomic E-state index is -0.0472. The van der Waals surface area contributed by atoms with Crippen molar-refractivity contribution in [3.8, 4) is 28.6 Å². The van der Waals surface area contributed by atoms with E-state index in [2.05, 4.69) is 10.3 Å². The van der Waals surface area contributed by atoms with Crippen LogP contribution in [0.15, 0.2) is 42.7 Å². The number of carbonyl (C=O) groups excluding carboxylic acids is 2. The summed E-state index contributed by atoms with van der Waals surface area (Å²) in [4.78, 5) is 40.3. The molecule has 0 unspecified atom stereocenters. The van der Waals surface area contributed by atoms with Gasteiger partial charge >= 0.3 is 0 Å². The van der Waals surface area contributed by atoms with Crippen molar-refractivity contribution in [1.82, 2.24) is 24.4 Å². The van der Waals surface area contributed by atoms with Gasteiger partial charge in [0, 0.05) is 55.0 Å². The van der Waals surface area contributed by atoms with Crippen LogP contribution in [0, 0.1) is 0 Å². The minimum Gasteiger partial charge on any atom is -0.493 e. The van der Waals surface area contributed by atoms with Crippen molar-refractivity contribution in [3.05, 3.63) is 48.3 Å². The number of ether oxygens (including phenoxy) is 3. The van der Waals surface area contributed by atoms with E-state index in [1.165, 1.54) is 6.92 Å². The molecule has 4 aromatic rings. The Morgan fingerprint density at radius 3 is 2.44 bits per heavy atom. The van der Waals surface area contributed by atoms with E-state index in [0.717, 1.165) is 13.0 Å². The molecule has 0 radical (unpaired) electrons. The topological polar surface area (TPSA) is 121 Å². The largest absolute Gasteiger partial charge is 0.493 e. The van der Waals surface area contributed by atoms with Gasteiger partial charge < -0.3 is 29.0 Å². The quantitative estimate of drug-likeness (QED) is 0.302. The smallest absolute Gasteiger partial charge is 0.222 e. The van der Waals surface area contributed by atoms with Crippen molar-refractivity contribution >= 4 is 34.4 Å². The van der Waals surface area contributed by atoms with E-state index in [9.17, 15) is 9.59 Å². The SMILES string of the molecule is COc1cc(Nc2nc(-c3cccc(C(C)=O)c3)nc3c2ncn3CCN2CCCC2=O)cc(OC)c1OC. The third kappa shape index (κ3) is 5.20. The number of ketones is 1. The first-order valence-corrected chi connectivity index (χ1v) is 12.6. The number of nitrogens with one attached hydrogen (secondary N) is 1. The van der Waals surface area contributed by atoms with Crippen LogP contribution in [-0.4, -0.2) is 70.5 Å². The molecule has 1 amide bonds. The molecule has 3 heterocycles. The molecule has 0 bridgehead atoms. The maximum Gasteiger partial charge on any atom is 0.222 e. The summed E-state index contributed by atoms with van der Waals surface area (Å²) >= 11 is 0. The molecule has 39 heavy (non-hydrogen) atoms. The molecule has 0 atom stereocenters.